The summed E-state index contributed by atoms with van der Waals surface area (Å²) in [6.07, 6.45) is 5.49. The fraction of sp³-hybridized carbons (Fsp3) is 0.400. The van der Waals surface area contributed by atoms with E-state index in [-0.39, 0.29) is 23.5 Å². The third-order valence-corrected chi connectivity index (χ3v) is 3.82. The summed E-state index contributed by atoms with van der Waals surface area (Å²) in [5, 5.41) is 8.63. The first-order chi connectivity index (χ1) is 12.7. The monoisotopic (exact) mass is 369 g/mol. The fourth-order valence-corrected chi connectivity index (χ4v) is 2.61. The van der Waals surface area contributed by atoms with Crippen LogP contribution in [0.25, 0.3) is 0 Å². The van der Waals surface area contributed by atoms with E-state index in [1.165, 1.54) is 0 Å². The molecule has 0 bridgehead atoms. The third kappa shape index (κ3) is 6.36. The summed E-state index contributed by atoms with van der Waals surface area (Å²) in [7, 11) is 0. The van der Waals surface area contributed by atoms with Crippen LogP contribution in [0.4, 0.5) is 10.5 Å². The Hall–Kier alpha value is -2.96. The van der Waals surface area contributed by atoms with Crippen LogP contribution < -0.4 is 16.0 Å². The van der Waals surface area contributed by atoms with Gasteiger partial charge < -0.3 is 16.0 Å². The molecular weight excluding hydrogens is 342 g/mol. The molecule has 1 heterocycles. The van der Waals surface area contributed by atoms with Crippen molar-refractivity contribution < 1.29 is 9.59 Å². The van der Waals surface area contributed by atoms with Crippen molar-refractivity contribution in [3.63, 3.8) is 0 Å². The van der Waals surface area contributed by atoms with Crippen LogP contribution in [0, 0.1) is 6.92 Å². The second kappa shape index (κ2) is 8.62. The Bertz CT molecular complexity index is 800. The van der Waals surface area contributed by atoms with Crippen LogP contribution in [0.15, 0.2) is 36.8 Å². The van der Waals surface area contributed by atoms with Gasteiger partial charge in [-0.3, -0.25) is 14.8 Å². The SMILES string of the molecule is Cc1c(NC(=O)NC(C)Cc2cnccn2)cccc1C(=O)NC(C)(C)C. The maximum atomic E-state index is 12.4. The molecule has 2 aromatic rings. The number of nitrogens with zero attached hydrogens (tertiary/aromatic N) is 2. The van der Waals surface area contributed by atoms with Crippen molar-refractivity contribution in [3.8, 4) is 0 Å². The van der Waals surface area contributed by atoms with E-state index in [4.69, 9.17) is 0 Å². The summed E-state index contributed by atoms with van der Waals surface area (Å²) < 4.78 is 0. The largest absolute Gasteiger partial charge is 0.347 e. The Kier molecular flexibility index (Phi) is 6.50. The van der Waals surface area contributed by atoms with Gasteiger partial charge in [0.1, 0.15) is 0 Å². The predicted octanol–water partition coefficient (Wildman–Crippen LogP) is 3.07. The van der Waals surface area contributed by atoms with Crippen LogP contribution >= 0.6 is 0 Å². The molecule has 1 unspecified atom stereocenters. The maximum absolute atomic E-state index is 12.4. The van der Waals surface area contributed by atoms with E-state index in [0.29, 0.717) is 17.7 Å². The van der Waals surface area contributed by atoms with Crippen LogP contribution in [0.5, 0.6) is 0 Å². The molecule has 0 spiro atoms. The quantitative estimate of drug-likeness (QED) is 0.755. The average Bonchev–Trinajstić information content (AvgIpc) is 2.55. The standard InChI is InChI=1S/C20H27N5O2/c1-13(11-15-12-21-9-10-22-15)23-19(27)24-17-8-6-7-16(14(17)2)18(26)25-20(3,4)5/h6-10,12-13H,11H2,1-5H3,(H,25,26)(H2,23,24,27). The van der Waals surface area contributed by atoms with Gasteiger partial charge in [0, 0.05) is 47.8 Å². The lowest BCUT2D eigenvalue weighted by Crippen LogP contribution is -2.41. The Morgan fingerprint density at radius 3 is 2.56 bits per heavy atom. The molecule has 1 aromatic heterocycles. The minimum atomic E-state index is -0.333. The lowest BCUT2D eigenvalue weighted by Gasteiger charge is -2.22. The highest BCUT2D eigenvalue weighted by molar-refractivity contribution is 5.99. The van der Waals surface area contributed by atoms with Gasteiger partial charge in [0.25, 0.3) is 5.91 Å². The van der Waals surface area contributed by atoms with Gasteiger partial charge in [0.15, 0.2) is 0 Å². The third-order valence-electron chi connectivity index (χ3n) is 3.82. The highest BCUT2D eigenvalue weighted by Gasteiger charge is 2.18. The fourth-order valence-electron chi connectivity index (χ4n) is 2.61. The molecule has 1 aromatic carbocycles. The van der Waals surface area contributed by atoms with Crippen molar-refractivity contribution in [2.24, 2.45) is 0 Å². The first-order valence-electron chi connectivity index (χ1n) is 8.90. The van der Waals surface area contributed by atoms with E-state index < -0.39 is 0 Å². The van der Waals surface area contributed by atoms with E-state index in [2.05, 4.69) is 25.9 Å². The van der Waals surface area contributed by atoms with Gasteiger partial charge in [-0.05, 0) is 52.3 Å². The number of amides is 3. The number of nitrogens with one attached hydrogen (secondary N) is 3. The van der Waals surface area contributed by atoms with Crippen molar-refractivity contribution in [2.75, 3.05) is 5.32 Å². The summed E-state index contributed by atoms with van der Waals surface area (Å²) in [5.74, 6) is -0.167. The minimum absolute atomic E-state index is 0.116. The van der Waals surface area contributed by atoms with Crippen molar-refractivity contribution in [2.45, 2.75) is 52.6 Å². The zero-order valence-corrected chi connectivity index (χ0v) is 16.5. The molecule has 3 N–H and O–H groups in total. The van der Waals surface area contributed by atoms with Crippen LogP contribution in [0.3, 0.4) is 0 Å². The van der Waals surface area contributed by atoms with Gasteiger partial charge in [-0.2, -0.15) is 0 Å². The van der Waals surface area contributed by atoms with Crippen LogP contribution in [0.2, 0.25) is 0 Å². The van der Waals surface area contributed by atoms with Crippen molar-refractivity contribution in [1.82, 2.24) is 20.6 Å². The number of anilines is 1. The number of carbonyl (C=O) groups excluding carboxylic acids is 2. The highest BCUT2D eigenvalue weighted by atomic mass is 16.2. The molecular formula is C20H27N5O2. The Morgan fingerprint density at radius 2 is 1.93 bits per heavy atom. The molecule has 27 heavy (non-hydrogen) atoms. The number of benzene rings is 1. The van der Waals surface area contributed by atoms with Crippen molar-refractivity contribution in [3.05, 3.63) is 53.6 Å². The number of aromatic nitrogens is 2. The molecule has 0 radical (unpaired) electrons. The summed E-state index contributed by atoms with van der Waals surface area (Å²) in [4.78, 5) is 33.0. The minimum Gasteiger partial charge on any atom is -0.347 e. The molecule has 0 aliphatic heterocycles. The highest BCUT2D eigenvalue weighted by Crippen LogP contribution is 2.19. The number of rotatable bonds is 5. The molecule has 3 amide bonds. The zero-order valence-electron chi connectivity index (χ0n) is 16.5. The van der Waals surface area contributed by atoms with Crippen LogP contribution in [0.1, 0.15) is 49.3 Å². The first-order valence-corrected chi connectivity index (χ1v) is 8.90. The number of hydrogen-bond acceptors (Lipinski definition) is 4. The molecule has 1 atom stereocenters. The van der Waals surface area contributed by atoms with Gasteiger partial charge in [-0.15, -0.1) is 0 Å². The van der Waals surface area contributed by atoms with E-state index >= 15 is 0 Å². The topological polar surface area (TPSA) is 96.0 Å². The Balaban J connectivity index is 2.01. The summed E-state index contributed by atoms with van der Waals surface area (Å²) in [6.45, 7) is 9.49. The predicted molar refractivity (Wildman–Crippen MR) is 106 cm³/mol. The van der Waals surface area contributed by atoms with E-state index in [1.54, 1.807) is 36.8 Å². The molecule has 7 nitrogen and oxygen atoms in total. The van der Waals surface area contributed by atoms with Gasteiger partial charge in [-0.1, -0.05) is 6.07 Å². The van der Waals surface area contributed by atoms with E-state index in [0.717, 1.165) is 11.3 Å². The summed E-state index contributed by atoms with van der Waals surface area (Å²) in [6, 6.07) is 4.83. The Morgan fingerprint density at radius 1 is 1.19 bits per heavy atom. The maximum Gasteiger partial charge on any atom is 0.319 e. The molecule has 2 rings (SSSR count). The Labute approximate surface area is 160 Å². The lowest BCUT2D eigenvalue weighted by molar-refractivity contribution is 0.0919. The molecule has 144 valence electrons. The van der Waals surface area contributed by atoms with Gasteiger partial charge in [0.05, 0.1) is 5.69 Å². The average molecular weight is 369 g/mol. The summed E-state index contributed by atoms with van der Waals surface area (Å²) >= 11 is 0. The smallest absolute Gasteiger partial charge is 0.319 e. The lowest BCUT2D eigenvalue weighted by atomic mass is 10.0. The van der Waals surface area contributed by atoms with Gasteiger partial charge >= 0.3 is 6.03 Å². The van der Waals surface area contributed by atoms with E-state index in [9.17, 15) is 9.59 Å². The van der Waals surface area contributed by atoms with Crippen LogP contribution in [-0.2, 0) is 6.42 Å². The van der Waals surface area contributed by atoms with Gasteiger partial charge in [0.2, 0.25) is 0 Å². The number of carbonyl (C=O) groups is 2. The first kappa shape index (κ1) is 20.4. The molecule has 0 aliphatic carbocycles. The zero-order chi connectivity index (χ0) is 20.0. The second-order valence-corrected chi connectivity index (χ2v) is 7.58. The molecule has 0 aliphatic rings. The van der Waals surface area contributed by atoms with Crippen molar-refractivity contribution in [1.29, 1.82) is 0 Å². The van der Waals surface area contributed by atoms with Gasteiger partial charge in [-0.25, -0.2) is 4.79 Å². The molecule has 7 heteroatoms. The number of urea groups is 1. The number of hydrogen-bond donors (Lipinski definition) is 3. The van der Waals surface area contributed by atoms with E-state index in [1.807, 2.05) is 34.6 Å². The molecule has 0 saturated heterocycles. The molecule has 0 fully saturated rings. The molecule has 0 saturated carbocycles. The van der Waals surface area contributed by atoms with Crippen molar-refractivity contribution >= 4 is 17.6 Å². The van der Waals surface area contributed by atoms with Crippen LogP contribution in [-0.4, -0.2) is 33.5 Å². The normalized spacial score (nSPS) is 12.2. The second-order valence-electron chi connectivity index (χ2n) is 7.58. The summed E-state index contributed by atoms with van der Waals surface area (Å²) in [5.41, 5.74) is 2.33.